The Morgan fingerprint density at radius 2 is 2.03 bits per heavy atom. The van der Waals surface area contributed by atoms with Gasteiger partial charge in [-0.15, -0.1) is 0 Å². The number of pyridine rings is 1. The average Bonchev–Trinajstić information content (AvgIpc) is 2.70. The van der Waals surface area contributed by atoms with Crippen LogP contribution in [0.5, 0.6) is 5.75 Å². The number of hydrogen-bond acceptors (Lipinski definition) is 6. The molecule has 0 bridgehead atoms. The Bertz CT molecular complexity index is 1070. The van der Waals surface area contributed by atoms with Gasteiger partial charge in [0.2, 0.25) is 0 Å². The molecule has 0 radical (unpaired) electrons. The second kappa shape index (κ2) is 8.24. The SMILES string of the molecule is O=C(O)c1c(O)cccc1Nc1c(CN2CCOCC2)cnc2ccc(Cl)cc12. The first-order chi connectivity index (χ1) is 14.0. The number of nitrogens with one attached hydrogen (secondary N) is 1. The lowest BCUT2D eigenvalue weighted by atomic mass is 10.1. The Hall–Kier alpha value is -2.87. The van der Waals surface area contributed by atoms with Crippen molar-refractivity contribution >= 4 is 39.8 Å². The normalized spacial score (nSPS) is 14.8. The molecule has 0 atom stereocenters. The van der Waals surface area contributed by atoms with E-state index in [9.17, 15) is 15.0 Å². The monoisotopic (exact) mass is 413 g/mol. The van der Waals surface area contributed by atoms with E-state index in [0.717, 1.165) is 35.2 Å². The van der Waals surface area contributed by atoms with E-state index in [1.807, 2.05) is 6.07 Å². The van der Waals surface area contributed by atoms with Crippen LogP contribution in [-0.2, 0) is 11.3 Å². The van der Waals surface area contributed by atoms with Crippen LogP contribution >= 0.6 is 11.6 Å². The maximum atomic E-state index is 11.7. The predicted molar refractivity (Wildman–Crippen MR) is 111 cm³/mol. The van der Waals surface area contributed by atoms with Crippen molar-refractivity contribution in [2.24, 2.45) is 0 Å². The zero-order chi connectivity index (χ0) is 20.4. The summed E-state index contributed by atoms with van der Waals surface area (Å²) in [5, 5.41) is 24.2. The van der Waals surface area contributed by atoms with E-state index in [2.05, 4.69) is 15.2 Å². The van der Waals surface area contributed by atoms with Crippen molar-refractivity contribution in [3.63, 3.8) is 0 Å². The molecule has 1 saturated heterocycles. The highest BCUT2D eigenvalue weighted by atomic mass is 35.5. The number of carboxylic acids is 1. The highest BCUT2D eigenvalue weighted by molar-refractivity contribution is 6.31. The molecule has 0 spiro atoms. The zero-order valence-electron chi connectivity index (χ0n) is 15.6. The fourth-order valence-corrected chi connectivity index (χ4v) is 3.65. The lowest BCUT2D eigenvalue weighted by Gasteiger charge is -2.27. The number of morpholine rings is 1. The minimum absolute atomic E-state index is 0.184. The fraction of sp³-hybridized carbons (Fsp3) is 0.238. The minimum atomic E-state index is -1.21. The second-order valence-electron chi connectivity index (χ2n) is 6.84. The van der Waals surface area contributed by atoms with E-state index in [1.54, 1.807) is 30.5 Å². The molecule has 29 heavy (non-hydrogen) atoms. The van der Waals surface area contributed by atoms with Crippen molar-refractivity contribution in [1.82, 2.24) is 9.88 Å². The minimum Gasteiger partial charge on any atom is -0.507 e. The number of carbonyl (C=O) groups is 1. The summed E-state index contributed by atoms with van der Waals surface area (Å²) in [6.07, 6.45) is 1.79. The molecule has 0 amide bonds. The van der Waals surface area contributed by atoms with Gasteiger partial charge in [0.1, 0.15) is 11.3 Å². The van der Waals surface area contributed by atoms with Gasteiger partial charge in [0.15, 0.2) is 0 Å². The van der Waals surface area contributed by atoms with Crippen LogP contribution in [0.1, 0.15) is 15.9 Å². The Kier molecular flexibility index (Phi) is 5.53. The van der Waals surface area contributed by atoms with E-state index in [4.69, 9.17) is 16.3 Å². The lowest BCUT2D eigenvalue weighted by molar-refractivity contribution is 0.0342. The van der Waals surface area contributed by atoms with Gasteiger partial charge in [-0.05, 0) is 30.3 Å². The first-order valence-electron chi connectivity index (χ1n) is 9.22. The first kappa shape index (κ1) is 19.4. The summed E-state index contributed by atoms with van der Waals surface area (Å²) in [6, 6.07) is 9.96. The third kappa shape index (κ3) is 4.12. The molecular weight excluding hydrogens is 394 g/mol. The van der Waals surface area contributed by atoms with Crippen molar-refractivity contribution in [3.05, 3.63) is 58.7 Å². The van der Waals surface area contributed by atoms with Crippen molar-refractivity contribution in [1.29, 1.82) is 0 Å². The molecule has 3 N–H and O–H groups in total. The van der Waals surface area contributed by atoms with Crippen LogP contribution in [0.2, 0.25) is 5.02 Å². The number of benzene rings is 2. The number of aromatic nitrogens is 1. The summed E-state index contributed by atoms with van der Waals surface area (Å²) in [6.45, 7) is 3.58. The fourth-order valence-electron chi connectivity index (χ4n) is 3.48. The maximum Gasteiger partial charge on any atom is 0.341 e. The molecular formula is C21H20ClN3O4. The predicted octanol–water partition coefficient (Wildman–Crippen LogP) is 3.87. The summed E-state index contributed by atoms with van der Waals surface area (Å²) in [7, 11) is 0. The molecule has 4 rings (SSSR count). The van der Waals surface area contributed by atoms with E-state index in [-0.39, 0.29) is 11.3 Å². The smallest absolute Gasteiger partial charge is 0.341 e. The molecule has 1 aromatic heterocycles. The van der Waals surface area contributed by atoms with Gasteiger partial charge in [0.05, 0.1) is 30.1 Å². The molecule has 1 aliphatic heterocycles. The highest BCUT2D eigenvalue weighted by Crippen LogP contribution is 2.35. The molecule has 7 nitrogen and oxygen atoms in total. The standard InChI is InChI=1S/C21H20ClN3O4/c22-14-4-5-16-15(10-14)20(13(11-23-16)12-25-6-8-29-9-7-25)24-17-2-1-3-18(26)19(17)21(27)28/h1-5,10-11,26H,6-9,12H2,(H,23,24)(H,27,28). The van der Waals surface area contributed by atoms with Crippen LogP contribution < -0.4 is 5.32 Å². The number of hydrogen-bond donors (Lipinski definition) is 3. The van der Waals surface area contributed by atoms with Crippen molar-refractivity contribution in [3.8, 4) is 5.75 Å². The Morgan fingerprint density at radius 3 is 2.79 bits per heavy atom. The Balaban J connectivity index is 1.82. The summed E-state index contributed by atoms with van der Waals surface area (Å²) in [4.78, 5) is 18.5. The quantitative estimate of drug-likeness (QED) is 0.584. The number of carboxylic acid groups (broad SMARTS) is 1. The molecule has 8 heteroatoms. The Morgan fingerprint density at radius 1 is 1.24 bits per heavy atom. The largest absolute Gasteiger partial charge is 0.507 e. The number of nitrogens with zero attached hydrogens (tertiary/aromatic N) is 2. The zero-order valence-corrected chi connectivity index (χ0v) is 16.3. The van der Waals surface area contributed by atoms with Gasteiger partial charge >= 0.3 is 5.97 Å². The summed E-state index contributed by atoms with van der Waals surface area (Å²) >= 11 is 6.23. The lowest BCUT2D eigenvalue weighted by Crippen LogP contribution is -2.35. The molecule has 0 unspecified atom stereocenters. The number of aromatic hydroxyl groups is 1. The number of halogens is 1. The van der Waals surface area contributed by atoms with E-state index < -0.39 is 5.97 Å². The highest BCUT2D eigenvalue weighted by Gasteiger charge is 2.19. The number of ether oxygens (including phenoxy) is 1. The third-order valence-electron chi connectivity index (χ3n) is 4.92. The van der Waals surface area contributed by atoms with Gasteiger partial charge in [0, 0.05) is 41.8 Å². The summed E-state index contributed by atoms with van der Waals surface area (Å²) in [5.41, 5.74) is 2.48. The van der Waals surface area contributed by atoms with Gasteiger partial charge < -0.3 is 20.3 Å². The van der Waals surface area contributed by atoms with E-state index in [1.165, 1.54) is 6.07 Å². The second-order valence-corrected chi connectivity index (χ2v) is 7.27. The molecule has 0 saturated carbocycles. The molecule has 2 heterocycles. The molecule has 150 valence electrons. The van der Waals surface area contributed by atoms with Crippen LogP contribution in [0.25, 0.3) is 10.9 Å². The van der Waals surface area contributed by atoms with Gasteiger partial charge in [-0.3, -0.25) is 9.88 Å². The van der Waals surface area contributed by atoms with Gasteiger partial charge in [-0.25, -0.2) is 4.79 Å². The number of aromatic carboxylic acids is 1. The van der Waals surface area contributed by atoms with E-state index >= 15 is 0 Å². The number of phenols is 1. The topological polar surface area (TPSA) is 94.9 Å². The molecule has 1 aliphatic rings. The van der Waals surface area contributed by atoms with Crippen molar-refractivity contribution in [2.75, 3.05) is 31.6 Å². The molecule has 1 fully saturated rings. The van der Waals surface area contributed by atoms with Crippen LogP contribution in [-0.4, -0.2) is 52.4 Å². The number of rotatable bonds is 5. The Labute approximate surface area is 172 Å². The third-order valence-corrected chi connectivity index (χ3v) is 5.16. The molecule has 0 aliphatic carbocycles. The number of fused-ring (bicyclic) bond motifs is 1. The summed E-state index contributed by atoms with van der Waals surface area (Å²) < 4.78 is 5.42. The van der Waals surface area contributed by atoms with Gasteiger partial charge in [0.25, 0.3) is 0 Å². The van der Waals surface area contributed by atoms with Crippen LogP contribution in [0, 0.1) is 0 Å². The average molecular weight is 414 g/mol. The maximum absolute atomic E-state index is 11.7. The van der Waals surface area contributed by atoms with Gasteiger partial charge in [-0.2, -0.15) is 0 Å². The summed E-state index contributed by atoms with van der Waals surface area (Å²) in [5.74, 6) is -1.51. The molecule has 3 aromatic rings. The van der Waals surface area contributed by atoms with Gasteiger partial charge in [-0.1, -0.05) is 17.7 Å². The first-order valence-corrected chi connectivity index (χ1v) is 9.60. The number of anilines is 2. The van der Waals surface area contributed by atoms with Crippen molar-refractivity contribution in [2.45, 2.75) is 6.54 Å². The van der Waals surface area contributed by atoms with Crippen LogP contribution in [0.3, 0.4) is 0 Å². The van der Waals surface area contributed by atoms with Crippen LogP contribution in [0.15, 0.2) is 42.6 Å². The molecule has 2 aromatic carbocycles. The van der Waals surface area contributed by atoms with E-state index in [0.29, 0.717) is 30.5 Å². The van der Waals surface area contributed by atoms with Crippen molar-refractivity contribution < 1.29 is 19.7 Å². The van der Waals surface area contributed by atoms with Crippen LogP contribution in [0.4, 0.5) is 11.4 Å².